The van der Waals surface area contributed by atoms with Crippen LogP contribution < -0.4 is 9.47 Å². The van der Waals surface area contributed by atoms with Crippen molar-refractivity contribution in [3.05, 3.63) is 130 Å². The van der Waals surface area contributed by atoms with Crippen LogP contribution in [0.25, 0.3) is 10.9 Å². The van der Waals surface area contributed by atoms with E-state index < -0.39 is 0 Å². The van der Waals surface area contributed by atoms with Gasteiger partial charge in [-0.1, -0.05) is 60.7 Å². The van der Waals surface area contributed by atoms with Gasteiger partial charge in [0, 0.05) is 29.2 Å². The Hall–Kier alpha value is -4.09. The van der Waals surface area contributed by atoms with E-state index in [1.54, 1.807) is 19.2 Å². The van der Waals surface area contributed by atoms with Gasteiger partial charge in [0.15, 0.2) is 11.5 Å². The van der Waals surface area contributed by atoms with E-state index in [9.17, 15) is 4.39 Å². The molecule has 2 atom stereocenters. The lowest BCUT2D eigenvalue weighted by Crippen LogP contribution is -2.43. The van der Waals surface area contributed by atoms with E-state index in [-0.39, 0.29) is 17.9 Å². The van der Waals surface area contributed by atoms with Crippen LogP contribution in [0.3, 0.4) is 0 Å². The second-order valence-electron chi connectivity index (χ2n) is 10.2. The molecule has 0 aliphatic carbocycles. The number of hydrogen-bond acceptors (Lipinski definition) is 3. The summed E-state index contributed by atoms with van der Waals surface area (Å²) in [7, 11) is 1.70. The molecule has 190 valence electrons. The Kier molecular flexibility index (Phi) is 5.67. The summed E-state index contributed by atoms with van der Waals surface area (Å²) in [6.07, 6.45) is 1.81. The highest BCUT2D eigenvalue weighted by atomic mass is 19.1. The lowest BCUT2D eigenvalue weighted by atomic mass is 9.80. The molecule has 5 aromatic rings. The number of rotatable bonds is 5. The number of aromatic amines is 1. The minimum absolute atomic E-state index is 0.0145. The molecule has 3 heterocycles. The second kappa shape index (κ2) is 9.34. The number of aromatic nitrogens is 1. The quantitative estimate of drug-likeness (QED) is 0.276. The molecule has 4 nitrogen and oxygen atoms in total. The average molecular weight is 505 g/mol. The van der Waals surface area contributed by atoms with Crippen LogP contribution in [0.1, 0.15) is 45.6 Å². The van der Waals surface area contributed by atoms with Crippen LogP contribution >= 0.6 is 0 Å². The first-order valence-electron chi connectivity index (χ1n) is 13.2. The minimum Gasteiger partial charge on any atom is -0.493 e. The van der Waals surface area contributed by atoms with Gasteiger partial charge >= 0.3 is 0 Å². The van der Waals surface area contributed by atoms with Crippen molar-refractivity contribution in [2.24, 2.45) is 0 Å². The Morgan fingerprint density at radius 1 is 0.921 bits per heavy atom. The molecule has 1 aromatic heterocycles. The third-order valence-electron chi connectivity index (χ3n) is 8.10. The van der Waals surface area contributed by atoms with Crippen molar-refractivity contribution in [2.75, 3.05) is 13.7 Å². The number of fused-ring (bicyclic) bond motifs is 6. The molecule has 2 unspecified atom stereocenters. The van der Waals surface area contributed by atoms with Gasteiger partial charge in [0.25, 0.3) is 0 Å². The van der Waals surface area contributed by atoms with Crippen LogP contribution in [0.15, 0.2) is 91.0 Å². The molecule has 0 fully saturated rings. The highest BCUT2D eigenvalue weighted by molar-refractivity contribution is 5.85. The Morgan fingerprint density at radius 3 is 2.53 bits per heavy atom. The molecule has 7 rings (SSSR count). The third-order valence-corrected chi connectivity index (χ3v) is 8.10. The van der Waals surface area contributed by atoms with Crippen LogP contribution in [-0.2, 0) is 19.4 Å². The van der Waals surface area contributed by atoms with Crippen LogP contribution in [0.2, 0.25) is 0 Å². The monoisotopic (exact) mass is 504 g/mol. The molecular weight excluding hydrogens is 475 g/mol. The zero-order valence-corrected chi connectivity index (χ0v) is 21.3. The first-order valence-corrected chi connectivity index (χ1v) is 13.2. The number of methoxy groups -OCH3 is 1. The molecule has 0 saturated carbocycles. The highest BCUT2D eigenvalue weighted by Gasteiger charge is 2.41. The highest BCUT2D eigenvalue weighted by Crippen LogP contribution is 2.49. The largest absolute Gasteiger partial charge is 0.493 e. The summed E-state index contributed by atoms with van der Waals surface area (Å²) in [5.41, 5.74) is 8.50. The van der Waals surface area contributed by atoms with Crippen molar-refractivity contribution in [2.45, 2.75) is 31.5 Å². The van der Waals surface area contributed by atoms with Crippen molar-refractivity contribution in [1.82, 2.24) is 9.88 Å². The topological polar surface area (TPSA) is 37.5 Å². The second-order valence-corrected chi connectivity index (χ2v) is 10.2. The first kappa shape index (κ1) is 23.1. The maximum atomic E-state index is 13.9. The van der Waals surface area contributed by atoms with Gasteiger partial charge in [-0.15, -0.1) is 0 Å². The SMILES string of the molecule is COc1cc2c(cc1OCc1ccccc1)C1Cc3c([nH]c4ccccc34)C(c3ccc(F)cc3)N1CC2. The molecular formula is C33H29FN2O2. The van der Waals surface area contributed by atoms with Gasteiger partial charge in [0.05, 0.1) is 13.2 Å². The predicted molar refractivity (Wildman–Crippen MR) is 147 cm³/mol. The Balaban J connectivity index is 1.34. The zero-order valence-electron chi connectivity index (χ0n) is 21.3. The fraction of sp³-hybridized carbons (Fsp3) is 0.212. The Morgan fingerprint density at radius 2 is 1.71 bits per heavy atom. The molecule has 0 spiro atoms. The maximum absolute atomic E-state index is 13.9. The summed E-state index contributed by atoms with van der Waals surface area (Å²) >= 11 is 0. The van der Waals surface area contributed by atoms with E-state index in [0.717, 1.165) is 47.5 Å². The molecule has 2 aliphatic rings. The summed E-state index contributed by atoms with van der Waals surface area (Å²) in [6, 6.07) is 30.2. The molecule has 0 radical (unpaired) electrons. The number of nitrogens with zero attached hydrogens (tertiary/aromatic N) is 1. The van der Waals surface area contributed by atoms with Crippen molar-refractivity contribution in [3.8, 4) is 11.5 Å². The lowest BCUT2D eigenvalue weighted by molar-refractivity contribution is 0.127. The molecule has 4 aromatic carbocycles. The number of ether oxygens (including phenoxy) is 2. The van der Waals surface area contributed by atoms with E-state index >= 15 is 0 Å². The average Bonchev–Trinajstić information content (AvgIpc) is 3.33. The minimum atomic E-state index is -0.214. The summed E-state index contributed by atoms with van der Waals surface area (Å²) in [5.74, 6) is 1.32. The van der Waals surface area contributed by atoms with Crippen LogP contribution in [0.4, 0.5) is 4.39 Å². The van der Waals surface area contributed by atoms with Crippen LogP contribution in [0.5, 0.6) is 11.5 Å². The van der Waals surface area contributed by atoms with Crippen molar-refractivity contribution in [3.63, 3.8) is 0 Å². The van der Waals surface area contributed by atoms with Gasteiger partial charge in [-0.05, 0) is 71.0 Å². The molecule has 1 N–H and O–H groups in total. The van der Waals surface area contributed by atoms with Crippen molar-refractivity contribution < 1.29 is 13.9 Å². The first-order chi connectivity index (χ1) is 18.7. The number of para-hydroxylation sites is 1. The Bertz CT molecular complexity index is 1610. The summed E-state index contributed by atoms with van der Waals surface area (Å²) in [5, 5.41) is 1.26. The standard InChI is InChI=1S/C33H29FN2O2/c1-37-30-17-23-15-16-36-29(26(23)19-31(30)38-20-21-7-3-2-4-8-21)18-27-25-9-5-6-10-28(25)35-32(27)33(36)22-11-13-24(34)14-12-22/h2-14,17,19,29,33,35H,15-16,18,20H2,1H3. The van der Waals surface area contributed by atoms with E-state index in [1.807, 2.05) is 30.3 Å². The fourth-order valence-electron chi connectivity index (χ4n) is 6.31. The van der Waals surface area contributed by atoms with Gasteiger partial charge in [-0.2, -0.15) is 0 Å². The molecule has 0 amide bonds. The molecule has 5 heteroatoms. The molecule has 0 bridgehead atoms. The fourth-order valence-corrected chi connectivity index (χ4v) is 6.31. The number of halogens is 1. The van der Waals surface area contributed by atoms with Gasteiger partial charge in [0.1, 0.15) is 12.4 Å². The van der Waals surface area contributed by atoms with Gasteiger partial charge in [0.2, 0.25) is 0 Å². The van der Waals surface area contributed by atoms with Crippen LogP contribution in [-0.4, -0.2) is 23.5 Å². The van der Waals surface area contributed by atoms with E-state index in [0.29, 0.717) is 6.61 Å². The van der Waals surface area contributed by atoms with Crippen molar-refractivity contribution >= 4 is 10.9 Å². The summed E-state index contributed by atoms with van der Waals surface area (Å²) < 4.78 is 26.0. The molecule has 38 heavy (non-hydrogen) atoms. The predicted octanol–water partition coefficient (Wildman–Crippen LogP) is 7.14. The third kappa shape index (κ3) is 3.86. The number of benzene rings is 4. The summed E-state index contributed by atoms with van der Waals surface area (Å²) in [4.78, 5) is 6.29. The number of H-pyrrole nitrogens is 1. The molecule has 2 aliphatic heterocycles. The van der Waals surface area contributed by atoms with Gasteiger partial charge in [-0.3, -0.25) is 4.90 Å². The van der Waals surface area contributed by atoms with Gasteiger partial charge < -0.3 is 14.5 Å². The zero-order chi connectivity index (χ0) is 25.6. The van der Waals surface area contributed by atoms with Crippen LogP contribution in [0, 0.1) is 5.82 Å². The maximum Gasteiger partial charge on any atom is 0.162 e. The Labute approximate surface area is 221 Å². The number of hydrogen-bond donors (Lipinski definition) is 1. The lowest BCUT2D eigenvalue weighted by Gasteiger charge is -2.46. The van der Waals surface area contributed by atoms with E-state index in [1.165, 1.54) is 27.8 Å². The number of nitrogens with one attached hydrogen (secondary N) is 1. The molecule has 0 saturated heterocycles. The van der Waals surface area contributed by atoms with E-state index in [4.69, 9.17) is 9.47 Å². The van der Waals surface area contributed by atoms with Gasteiger partial charge in [-0.25, -0.2) is 4.39 Å². The smallest absolute Gasteiger partial charge is 0.162 e. The van der Waals surface area contributed by atoms with Crippen molar-refractivity contribution in [1.29, 1.82) is 0 Å². The summed E-state index contributed by atoms with van der Waals surface area (Å²) in [6.45, 7) is 1.39. The van der Waals surface area contributed by atoms with E-state index in [2.05, 4.69) is 58.4 Å². The normalized spacial score (nSPS) is 18.5.